The van der Waals surface area contributed by atoms with Crippen LogP contribution in [-0.4, -0.2) is 38.3 Å². The van der Waals surface area contributed by atoms with Crippen LogP contribution in [0.15, 0.2) is 53.4 Å². The molecule has 8 heteroatoms. The summed E-state index contributed by atoms with van der Waals surface area (Å²) in [5, 5.41) is 2.60. The molecule has 1 aliphatic heterocycles. The third-order valence-electron chi connectivity index (χ3n) is 4.71. The molecule has 150 valence electrons. The number of halogens is 1. The van der Waals surface area contributed by atoms with E-state index in [1.165, 1.54) is 46.8 Å². The van der Waals surface area contributed by atoms with Crippen LogP contribution in [0.3, 0.4) is 0 Å². The fourth-order valence-corrected chi connectivity index (χ4v) is 4.46. The Morgan fingerprint density at radius 3 is 2.43 bits per heavy atom. The molecule has 2 aromatic carbocycles. The van der Waals surface area contributed by atoms with Gasteiger partial charge in [-0.3, -0.25) is 4.79 Å². The van der Waals surface area contributed by atoms with Gasteiger partial charge in [0.1, 0.15) is 0 Å². The number of benzene rings is 2. The Hall–Kier alpha value is -2.45. The molecule has 0 aromatic heterocycles. The second-order valence-electron chi connectivity index (χ2n) is 6.88. The molecule has 1 saturated heterocycles. The number of sulfonamides is 1. The number of amides is 1. The van der Waals surface area contributed by atoms with E-state index in [4.69, 9.17) is 4.74 Å². The van der Waals surface area contributed by atoms with Gasteiger partial charge in [0.15, 0.2) is 18.2 Å². The van der Waals surface area contributed by atoms with E-state index < -0.39 is 21.7 Å². The molecule has 0 aliphatic carbocycles. The zero-order valence-corrected chi connectivity index (χ0v) is 16.4. The maximum absolute atomic E-state index is 13.5. The molecule has 0 atom stereocenters. The van der Waals surface area contributed by atoms with Crippen LogP contribution >= 0.6 is 0 Å². The van der Waals surface area contributed by atoms with E-state index >= 15 is 0 Å². The van der Waals surface area contributed by atoms with Gasteiger partial charge in [-0.15, -0.1) is 0 Å². The third kappa shape index (κ3) is 4.88. The fourth-order valence-electron chi connectivity index (χ4n) is 2.99. The normalized spacial score (nSPS) is 15.9. The Kier molecular flexibility index (Phi) is 6.31. The summed E-state index contributed by atoms with van der Waals surface area (Å²) in [5.74, 6) is -0.480. The van der Waals surface area contributed by atoms with Gasteiger partial charge in [0, 0.05) is 18.8 Å². The van der Waals surface area contributed by atoms with Gasteiger partial charge in [-0.1, -0.05) is 19.1 Å². The van der Waals surface area contributed by atoms with E-state index in [2.05, 4.69) is 12.2 Å². The van der Waals surface area contributed by atoms with Crippen molar-refractivity contribution in [3.63, 3.8) is 0 Å². The second kappa shape index (κ2) is 8.70. The standard InChI is InChI=1S/C20H23FN2O4S/c1-15-10-12-23(13-11-15)28(25,26)17-8-6-16(7-9-17)22-20(24)14-27-19-5-3-2-4-18(19)21/h2-9,15H,10-14H2,1H3,(H,22,24). The van der Waals surface area contributed by atoms with Crippen molar-refractivity contribution in [2.45, 2.75) is 24.7 Å². The molecule has 1 aliphatic rings. The third-order valence-corrected chi connectivity index (χ3v) is 6.63. The number of nitrogens with one attached hydrogen (secondary N) is 1. The molecule has 0 radical (unpaired) electrons. The Bertz CT molecular complexity index is 923. The largest absolute Gasteiger partial charge is 0.481 e. The van der Waals surface area contributed by atoms with Gasteiger partial charge in [0.25, 0.3) is 5.91 Å². The zero-order chi connectivity index (χ0) is 20.1. The molecule has 1 fully saturated rings. The molecule has 2 aromatic rings. The Morgan fingerprint density at radius 2 is 1.79 bits per heavy atom. The summed E-state index contributed by atoms with van der Waals surface area (Å²) in [4.78, 5) is 12.2. The van der Waals surface area contributed by atoms with E-state index in [0.717, 1.165) is 12.8 Å². The molecular formula is C20H23FN2O4S. The van der Waals surface area contributed by atoms with Gasteiger partial charge in [0.05, 0.1) is 4.90 Å². The predicted molar refractivity (Wildman–Crippen MR) is 104 cm³/mol. The van der Waals surface area contributed by atoms with Crippen molar-refractivity contribution in [2.75, 3.05) is 25.0 Å². The van der Waals surface area contributed by atoms with Crippen molar-refractivity contribution < 1.29 is 22.3 Å². The summed E-state index contributed by atoms with van der Waals surface area (Å²) in [6, 6.07) is 11.8. The highest BCUT2D eigenvalue weighted by Crippen LogP contribution is 2.24. The van der Waals surface area contributed by atoms with E-state index in [1.54, 1.807) is 6.07 Å². The van der Waals surface area contributed by atoms with Crippen LogP contribution in [0.4, 0.5) is 10.1 Å². The number of para-hydroxylation sites is 1. The number of carbonyl (C=O) groups excluding carboxylic acids is 1. The van der Waals surface area contributed by atoms with Crippen LogP contribution in [0.1, 0.15) is 19.8 Å². The summed E-state index contributed by atoms with van der Waals surface area (Å²) in [5.41, 5.74) is 0.438. The molecule has 1 N–H and O–H groups in total. The van der Waals surface area contributed by atoms with Gasteiger partial charge < -0.3 is 10.1 Å². The average Bonchev–Trinajstić information content (AvgIpc) is 2.68. The lowest BCUT2D eigenvalue weighted by Crippen LogP contribution is -2.37. The molecule has 28 heavy (non-hydrogen) atoms. The first-order chi connectivity index (χ1) is 13.4. The average molecular weight is 406 g/mol. The minimum atomic E-state index is -3.53. The molecule has 0 saturated carbocycles. The van der Waals surface area contributed by atoms with E-state index in [9.17, 15) is 17.6 Å². The van der Waals surface area contributed by atoms with Gasteiger partial charge in [-0.2, -0.15) is 4.31 Å². The van der Waals surface area contributed by atoms with Crippen molar-refractivity contribution in [1.82, 2.24) is 4.31 Å². The molecule has 6 nitrogen and oxygen atoms in total. The molecule has 0 spiro atoms. The number of ether oxygens (including phenoxy) is 1. The number of hydrogen-bond acceptors (Lipinski definition) is 4. The van der Waals surface area contributed by atoms with Gasteiger partial charge in [0.2, 0.25) is 10.0 Å². The van der Waals surface area contributed by atoms with Crippen LogP contribution < -0.4 is 10.1 Å². The maximum atomic E-state index is 13.5. The highest BCUT2D eigenvalue weighted by molar-refractivity contribution is 7.89. The molecule has 3 rings (SSSR count). The van der Waals surface area contributed by atoms with Crippen molar-refractivity contribution in [2.24, 2.45) is 5.92 Å². The zero-order valence-electron chi connectivity index (χ0n) is 15.6. The van der Waals surface area contributed by atoms with Gasteiger partial charge in [-0.25, -0.2) is 12.8 Å². The lowest BCUT2D eigenvalue weighted by Gasteiger charge is -2.29. The minimum absolute atomic E-state index is 0.00468. The lowest BCUT2D eigenvalue weighted by molar-refractivity contribution is -0.118. The Labute approximate surface area is 164 Å². The molecule has 0 unspecified atom stereocenters. The van der Waals surface area contributed by atoms with Gasteiger partial charge in [-0.05, 0) is 55.2 Å². The number of nitrogens with zero attached hydrogens (tertiary/aromatic N) is 1. The number of piperidine rings is 1. The first-order valence-electron chi connectivity index (χ1n) is 9.13. The van der Waals surface area contributed by atoms with E-state index in [-0.39, 0.29) is 17.3 Å². The summed E-state index contributed by atoms with van der Waals surface area (Å²) in [6.07, 6.45) is 1.71. The highest BCUT2D eigenvalue weighted by atomic mass is 32.2. The summed E-state index contributed by atoms with van der Waals surface area (Å²) in [7, 11) is -3.53. The molecular weight excluding hydrogens is 383 g/mol. The SMILES string of the molecule is CC1CCN(S(=O)(=O)c2ccc(NC(=O)COc3ccccc3F)cc2)CC1. The van der Waals surface area contributed by atoms with Crippen LogP contribution in [0.25, 0.3) is 0 Å². The van der Waals surface area contributed by atoms with Crippen LogP contribution in [0, 0.1) is 11.7 Å². The summed E-state index contributed by atoms with van der Waals surface area (Å²) in [6.45, 7) is 2.81. The summed E-state index contributed by atoms with van der Waals surface area (Å²) >= 11 is 0. The topological polar surface area (TPSA) is 75.7 Å². The van der Waals surface area contributed by atoms with Crippen LogP contribution in [0.2, 0.25) is 0 Å². The van der Waals surface area contributed by atoms with Crippen LogP contribution in [-0.2, 0) is 14.8 Å². The number of anilines is 1. The van der Waals surface area contributed by atoms with Crippen molar-refractivity contribution in [1.29, 1.82) is 0 Å². The number of carbonyl (C=O) groups is 1. The maximum Gasteiger partial charge on any atom is 0.262 e. The second-order valence-corrected chi connectivity index (χ2v) is 8.82. The number of hydrogen-bond donors (Lipinski definition) is 1. The van der Waals surface area contributed by atoms with E-state index in [1.807, 2.05) is 0 Å². The fraction of sp³-hybridized carbons (Fsp3) is 0.350. The molecule has 0 bridgehead atoms. The minimum Gasteiger partial charge on any atom is -0.481 e. The quantitative estimate of drug-likeness (QED) is 0.799. The van der Waals surface area contributed by atoms with Crippen molar-refractivity contribution >= 4 is 21.6 Å². The molecule has 1 heterocycles. The molecule has 1 amide bonds. The highest BCUT2D eigenvalue weighted by Gasteiger charge is 2.27. The first-order valence-corrected chi connectivity index (χ1v) is 10.6. The first kappa shape index (κ1) is 20.3. The van der Waals surface area contributed by atoms with Gasteiger partial charge >= 0.3 is 0 Å². The van der Waals surface area contributed by atoms with Crippen LogP contribution in [0.5, 0.6) is 5.75 Å². The Balaban J connectivity index is 1.58. The monoisotopic (exact) mass is 406 g/mol. The number of rotatable bonds is 6. The Morgan fingerprint density at radius 1 is 1.14 bits per heavy atom. The van der Waals surface area contributed by atoms with Crippen molar-refractivity contribution in [3.8, 4) is 5.75 Å². The predicted octanol–water partition coefficient (Wildman–Crippen LogP) is 3.26. The summed E-state index contributed by atoms with van der Waals surface area (Å²) < 4.78 is 45.5. The van der Waals surface area contributed by atoms with E-state index in [0.29, 0.717) is 24.7 Å². The smallest absolute Gasteiger partial charge is 0.262 e. The lowest BCUT2D eigenvalue weighted by atomic mass is 10.0. The van der Waals surface area contributed by atoms with Crippen molar-refractivity contribution in [3.05, 3.63) is 54.3 Å².